The van der Waals surface area contributed by atoms with Gasteiger partial charge in [0.2, 0.25) is 0 Å². The Morgan fingerprint density at radius 2 is 1.84 bits per heavy atom. The molecule has 9 heteroatoms. The summed E-state index contributed by atoms with van der Waals surface area (Å²) in [4.78, 5) is 34.5. The van der Waals surface area contributed by atoms with E-state index in [0.29, 0.717) is 34.7 Å². The largest absolute Gasteiger partial charge is 0.504 e. The molecule has 0 aliphatic heterocycles. The maximum atomic E-state index is 13.0. The number of benzene rings is 2. The second-order valence-corrected chi connectivity index (χ2v) is 8.64. The number of aryl methyl sites for hydroxylation is 1. The Bertz CT molecular complexity index is 1680. The lowest BCUT2D eigenvalue weighted by Crippen LogP contribution is -2.29. The van der Waals surface area contributed by atoms with Crippen LogP contribution in [0.5, 0.6) is 23.0 Å². The SMILES string of the molecule is COc1cc2c(Oc3ccc(NC(=O)c4cc(C)cn(Cc5ccccc5)c4=O)nc3)ccnc2cc1O. The highest BCUT2D eigenvalue weighted by Gasteiger charge is 2.15. The van der Waals surface area contributed by atoms with Crippen LogP contribution in [-0.2, 0) is 6.54 Å². The number of aromatic nitrogens is 3. The van der Waals surface area contributed by atoms with E-state index in [2.05, 4.69) is 15.3 Å². The van der Waals surface area contributed by atoms with Crippen molar-refractivity contribution in [2.45, 2.75) is 13.5 Å². The van der Waals surface area contributed by atoms with Crippen molar-refractivity contribution < 1.29 is 19.4 Å². The summed E-state index contributed by atoms with van der Waals surface area (Å²) in [7, 11) is 1.46. The summed E-state index contributed by atoms with van der Waals surface area (Å²) in [6.45, 7) is 2.20. The molecule has 38 heavy (non-hydrogen) atoms. The average molecular weight is 509 g/mol. The van der Waals surface area contributed by atoms with Gasteiger partial charge >= 0.3 is 0 Å². The number of nitrogens with zero attached hydrogens (tertiary/aromatic N) is 3. The number of phenolic OH excluding ortho intramolecular Hbond substituents is 1. The molecule has 1 amide bonds. The van der Waals surface area contributed by atoms with Crippen LogP contribution < -0.4 is 20.3 Å². The van der Waals surface area contributed by atoms with E-state index in [-0.39, 0.29) is 22.7 Å². The summed E-state index contributed by atoms with van der Waals surface area (Å²) in [5.41, 5.74) is 1.93. The van der Waals surface area contributed by atoms with Crippen LogP contribution in [0.2, 0.25) is 0 Å². The van der Waals surface area contributed by atoms with E-state index in [1.165, 1.54) is 23.9 Å². The third kappa shape index (κ3) is 5.17. The summed E-state index contributed by atoms with van der Waals surface area (Å²) in [5.74, 6) is 0.907. The summed E-state index contributed by atoms with van der Waals surface area (Å²) in [5, 5.41) is 13.3. The fourth-order valence-electron chi connectivity index (χ4n) is 4.06. The molecule has 0 spiro atoms. The zero-order chi connectivity index (χ0) is 26.6. The van der Waals surface area contributed by atoms with Crippen molar-refractivity contribution in [3.05, 3.63) is 112 Å². The van der Waals surface area contributed by atoms with Crippen molar-refractivity contribution in [1.82, 2.24) is 14.5 Å². The molecule has 3 heterocycles. The van der Waals surface area contributed by atoms with Crippen LogP contribution in [-0.4, -0.2) is 32.7 Å². The molecule has 190 valence electrons. The van der Waals surface area contributed by atoms with Gasteiger partial charge in [-0.1, -0.05) is 30.3 Å². The molecule has 2 N–H and O–H groups in total. The van der Waals surface area contributed by atoms with Gasteiger partial charge in [-0.25, -0.2) is 4.98 Å². The third-order valence-corrected chi connectivity index (χ3v) is 5.87. The molecular weight excluding hydrogens is 484 g/mol. The van der Waals surface area contributed by atoms with Crippen LogP contribution in [0.15, 0.2) is 90.1 Å². The number of pyridine rings is 3. The van der Waals surface area contributed by atoms with E-state index in [0.717, 1.165) is 11.1 Å². The minimum absolute atomic E-state index is 0.0214. The molecule has 0 radical (unpaired) electrons. The smallest absolute Gasteiger partial charge is 0.263 e. The molecule has 5 rings (SSSR count). The van der Waals surface area contributed by atoms with Crippen LogP contribution in [0, 0.1) is 6.92 Å². The van der Waals surface area contributed by atoms with Gasteiger partial charge in [0.05, 0.1) is 25.4 Å². The molecule has 0 saturated heterocycles. The Hall–Kier alpha value is -5.18. The predicted molar refractivity (Wildman–Crippen MR) is 143 cm³/mol. The topological polar surface area (TPSA) is 116 Å². The van der Waals surface area contributed by atoms with E-state index in [4.69, 9.17) is 9.47 Å². The van der Waals surface area contributed by atoms with Crippen LogP contribution in [0.1, 0.15) is 21.5 Å². The van der Waals surface area contributed by atoms with E-state index in [1.807, 2.05) is 37.3 Å². The Balaban J connectivity index is 1.33. The second kappa shape index (κ2) is 10.4. The highest BCUT2D eigenvalue weighted by atomic mass is 16.5. The quantitative estimate of drug-likeness (QED) is 0.321. The van der Waals surface area contributed by atoms with E-state index < -0.39 is 5.91 Å². The lowest BCUT2D eigenvalue weighted by atomic mass is 10.1. The first-order chi connectivity index (χ1) is 18.4. The lowest BCUT2D eigenvalue weighted by molar-refractivity contribution is 0.102. The number of aromatic hydroxyl groups is 1. The van der Waals surface area contributed by atoms with Gasteiger partial charge < -0.3 is 24.5 Å². The summed E-state index contributed by atoms with van der Waals surface area (Å²) in [6, 6.07) is 19.2. The number of hydrogen-bond donors (Lipinski definition) is 2. The average Bonchev–Trinajstić information content (AvgIpc) is 2.92. The maximum absolute atomic E-state index is 13.0. The number of hydrogen-bond acceptors (Lipinski definition) is 7. The van der Waals surface area contributed by atoms with Crippen molar-refractivity contribution in [2.75, 3.05) is 12.4 Å². The number of nitrogens with one attached hydrogen (secondary N) is 1. The third-order valence-electron chi connectivity index (χ3n) is 5.87. The van der Waals surface area contributed by atoms with Crippen molar-refractivity contribution in [1.29, 1.82) is 0 Å². The fraction of sp³-hybridized carbons (Fsp3) is 0.103. The minimum atomic E-state index is -0.547. The van der Waals surface area contributed by atoms with Crippen molar-refractivity contribution in [2.24, 2.45) is 0 Å². The molecule has 0 fully saturated rings. The fourth-order valence-corrected chi connectivity index (χ4v) is 4.06. The van der Waals surface area contributed by atoms with Gasteiger partial charge in [0.15, 0.2) is 11.5 Å². The summed E-state index contributed by atoms with van der Waals surface area (Å²) < 4.78 is 12.7. The maximum Gasteiger partial charge on any atom is 0.263 e. The van der Waals surface area contributed by atoms with Crippen molar-refractivity contribution in [3.63, 3.8) is 0 Å². The molecule has 9 nitrogen and oxygen atoms in total. The molecular formula is C29H24N4O5. The number of ether oxygens (including phenoxy) is 2. The van der Waals surface area contributed by atoms with Crippen LogP contribution in [0.3, 0.4) is 0 Å². The number of phenols is 1. The Morgan fingerprint density at radius 3 is 2.58 bits per heavy atom. The van der Waals surface area contributed by atoms with Crippen molar-refractivity contribution >= 4 is 22.6 Å². The molecule has 5 aromatic rings. The van der Waals surface area contributed by atoms with Gasteiger partial charge in [0.1, 0.15) is 22.9 Å². The first-order valence-corrected chi connectivity index (χ1v) is 11.8. The zero-order valence-corrected chi connectivity index (χ0v) is 20.7. The van der Waals surface area contributed by atoms with Gasteiger partial charge in [0.25, 0.3) is 11.5 Å². The molecule has 0 unspecified atom stereocenters. The minimum Gasteiger partial charge on any atom is -0.504 e. The highest BCUT2D eigenvalue weighted by Crippen LogP contribution is 2.36. The summed E-state index contributed by atoms with van der Waals surface area (Å²) in [6.07, 6.45) is 4.76. The summed E-state index contributed by atoms with van der Waals surface area (Å²) >= 11 is 0. The molecule has 0 aliphatic rings. The zero-order valence-electron chi connectivity index (χ0n) is 20.7. The number of fused-ring (bicyclic) bond motifs is 1. The monoisotopic (exact) mass is 508 g/mol. The first-order valence-electron chi connectivity index (χ1n) is 11.8. The van der Waals surface area contributed by atoms with Crippen LogP contribution in [0.4, 0.5) is 5.82 Å². The molecule has 0 saturated carbocycles. The molecule has 2 aromatic carbocycles. The predicted octanol–water partition coefficient (Wildman–Crippen LogP) is 4.91. The number of anilines is 1. The number of methoxy groups -OCH3 is 1. The van der Waals surface area contributed by atoms with Gasteiger partial charge in [-0.15, -0.1) is 0 Å². The van der Waals surface area contributed by atoms with E-state index >= 15 is 0 Å². The van der Waals surface area contributed by atoms with Gasteiger partial charge in [-0.2, -0.15) is 0 Å². The normalized spacial score (nSPS) is 10.8. The number of carbonyl (C=O) groups excluding carboxylic acids is 1. The molecule has 0 bridgehead atoms. The number of carbonyl (C=O) groups is 1. The highest BCUT2D eigenvalue weighted by molar-refractivity contribution is 6.03. The molecule has 0 aliphatic carbocycles. The number of rotatable bonds is 7. The first kappa shape index (κ1) is 24.5. The second-order valence-electron chi connectivity index (χ2n) is 8.64. The van der Waals surface area contributed by atoms with Gasteiger partial charge in [-0.3, -0.25) is 14.6 Å². The molecule has 0 atom stereocenters. The Labute approximate surface area is 218 Å². The lowest BCUT2D eigenvalue weighted by Gasteiger charge is -2.12. The van der Waals surface area contributed by atoms with E-state index in [1.54, 1.807) is 42.7 Å². The van der Waals surface area contributed by atoms with E-state index in [9.17, 15) is 14.7 Å². The van der Waals surface area contributed by atoms with Crippen LogP contribution in [0.25, 0.3) is 10.9 Å². The number of amides is 1. The molecule has 3 aromatic heterocycles. The van der Waals surface area contributed by atoms with Gasteiger partial charge in [0, 0.05) is 23.8 Å². The standard InChI is InChI=1S/C29H24N4O5/c1-18-12-22(29(36)33(16-18)17-19-6-4-3-5-7-19)28(35)32-27-9-8-20(15-31-27)38-25-10-11-30-23-14-24(34)26(37-2)13-21(23)25/h3-16,34H,17H2,1-2H3,(H,31,32,35). The van der Waals surface area contributed by atoms with Crippen LogP contribution >= 0.6 is 0 Å². The Morgan fingerprint density at radius 1 is 1.03 bits per heavy atom. The van der Waals surface area contributed by atoms with Gasteiger partial charge in [-0.05, 0) is 48.4 Å². The Kier molecular flexibility index (Phi) is 6.73. The van der Waals surface area contributed by atoms with Crippen molar-refractivity contribution in [3.8, 4) is 23.0 Å².